The van der Waals surface area contributed by atoms with Gasteiger partial charge in [0.2, 0.25) is 5.91 Å². The van der Waals surface area contributed by atoms with Crippen molar-refractivity contribution in [3.8, 4) is 11.3 Å². The minimum atomic E-state index is -0.252. The molecule has 0 aliphatic carbocycles. The Hall–Kier alpha value is -5.28. The number of carbonyl (C=O) groups excluding carboxylic acids is 2. The van der Waals surface area contributed by atoms with Crippen molar-refractivity contribution in [1.29, 1.82) is 0 Å². The number of nitrogens with zero attached hydrogens (tertiary/aromatic N) is 3. The van der Waals surface area contributed by atoms with E-state index >= 15 is 0 Å². The molecule has 0 saturated carbocycles. The van der Waals surface area contributed by atoms with Crippen molar-refractivity contribution < 1.29 is 9.59 Å². The highest BCUT2D eigenvalue weighted by molar-refractivity contribution is 6.05. The van der Waals surface area contributed by atoms with Crippen LogP contribution in [-0.2, 0) is 4.79 Å². The number of aromatic amines is 1. The van der Waals surface area contributed by atoms with Gasteiger partial charge in [-0.05, 0) is 69.0 Å². The lowest BCUT2D eigenvalue weighted by atomic mass is 10.1. The zero-order valence-corrected chi connectivity index (χ0v) is 23.1. The number of anilines is 4. The van der Waals surface area contributed by atoms with E-state index in [0.29, 0.717) is 29.3 Å². The average molecular weight is 546 g/mol. The summed E-state index contributed by atoms with van der Waals surface area (Å²) in [5, 5.41) is 10.2. The number of carbonyl (C=O) groups is 2. The molecule has 0 aliphatic rings. The van der Waals surface area contributed by atoms with Crippen molar-refractivity contribution >= 4 is 45.6 Å². The number of para-hydroxylation sites is 1. The summed E-state index contributed by atoms with van der Waals surface area (Å²) >= 11 is 0. The molecule has 0 aliphatic heterocycles. The van der Waals surface area contributed by atoms with Gasteiger partial charge in [-0.2, -0.15) is 0 Å². The van der Waals surface area contributed by atoms with Gasteiger partial charge in [0.25, 0.3) is 5.91 Å². The molecule has 9 heteroatoms. The predicted octanol–water partition coefficient (Wildman–Crippen LogP) is 5.99. The van der Waals surface area contributed by atoms with Gasteiger partial charge in [0.15, 0.2) is 0 Å². The first-order valence-electron chi connectivity index (χ1n) is 13.2. The summed E-state index contributed by atoms with van der Waals surface area (Å²) in [7, 11) is 3.86. The van der Waals surface area contributed by atoms with Crippen molar-refractivity contribution in [1.82, 2.24) is 19.9 Å². The number of hydrogen-bond donors (Lipinski definition) is 4. The van der Waals surface area contributed by atoms with Crippen molar-refractivity contribution in [2.45, 2.75) is 6.92 Å². The SMILES string of the molecule is Cc1ccc(Nc2cc(-c3c[nH]c4ccccc34)ncn2)cc1NC(=O)c1ccc(NC(=O)/C=C/CN(C)C)cc1. The molecule has 5 aromatic rings. The molecule has 0 saturated heterocycles. The van der Waals surface area contributed by atoms with E-state index in [0.717, 1.165) is 33.4 Å². The summed E-state index contributed by atoms with van der Waals surface area (Å²) in [6, 6.07) is 22.5. The number of benzene rings is 3. The Kier molecular flexibility index (Phi) is 8.17. The normalized spacial score (nSPS) is 11.2. The highest BCUT2D eigenvalue weighted by Crippen LogP contribution is 2.29. The van der Waals surface area contributed by atoms with E-state index in [1.165, 1.54) is 12.4 Å². The standard InChI is InChI=1S/C32H31N7O2/c1-21-10-13-24(36-30-18-29(34-20-35-30)26-19-33-27-8-5-4-7-25(26)27)17-28(21)38-32(41)22-11-14-23(15-12-22)37-31(40)9-6-16-39(2)3/h4-15,17-20,33H,16H2,1-3H3,(H,37,40)(H,38,41)(H,34,35,36)/b9-6+. The molecule has 0 atom stereocenters. The molecule has 2 amide bonds. The van der Waals surface area contributed by atoms with Crippen LogP contribution >= 0.6 is 0 Å². The number of likely N-dealkylation sites (N-methyl/N-ethyl adjacent to an activating group) is 1. The molecule has 9 nitrogen and oxygen atoms in total. The van der Waals surface area contributed by atoms with Gasteiger partial charge in [-0.15, -0.1) is 0 Å². The fourth-order valence-electron chi connectivity index (χ4n) is 4.29. The number of hydrogen-bond acceptors (Lipinski definition) is 6. The van der Waals surface area contributed by atoms with E-state index in [1.807, 2.05) is 74.6 Å². The largest absolute Gasteiger partial charge is 0.360 e. The first-order chi connectivity index (χ1) is 19.9. The number of nitrogens with one attached hydrogen (secondary N) is 4. The summed E-state index contributed by atoms with van der Waals surface area (Å²) in [6.07, 6.45) is 6.76. The molecular formula is C32H31N7O2. The van der Waals surface area contributed by atoms with E-state index < -0.39 is 0 Å². The fraction of sp³-hybridized carbons (Fsp3) is 0.125. The van der Waals surface area contributed by atoms with Crippen molar-refractivity contribution in [3.05, 3.63) is 109 Å². The maximum absolute atomic E-state index is 13.0. The van der Waals surface area contributed by atoms with Crippen molar-refractivity contribution in [2.24, 2.45) is 0 Å². The Labute approximate surface area is 238 Å². The van der Waals surface area contributed by atoms with Crippen LogP contribution in [0.1, 0.15) is 15.9 Å². The molecule has 2 heterocycles. The lowest BCUT2D eigenvalue weighted by molar-refractivity contribution is -0.111. The molecule has 5 rings (SSSR count). The Morgan fingerprint density at radius 1 is 0.927 bits per heavy atom. The van der Waals surface area contributed by atoms with Crippen LogP contribution in [-0.4, -0.2) is 52.3 Å². The maximum Gasteiger partial charge on any atom is 0.255 e. The van der Waals surface area contributed by atoms with Gasteiger partial charge in [-0.3, -0.25) is 9.59 Å². The molecule has 0 radical (unpaired) electrons. The molecule has 0 unspecified atom stereocenters. The Bertz CT molecular complexity index is 1720. The Morgan fingerprint density at radius 2 is 1.71 bits per heavy atom. The van der Waals surface area contributed by atoms with Crippen molar-refractivity contribution in [2.75, 3.05) is 36.6 Å². The van der Waals surface area contributed by atoms with Gasteiger partial charge in [-0.25, -0.2) is 9.97 Å². The van der Waals surface area contributed by atoms with Gasteiger partial charge in [-0.1, -0.05) is 30.3 Å². The molecule has 41 heavy (non-hydrogen) atoms. The van der Waals surface area contributed by atoms with E-state index in [-0.39, 0.29) is 11.8 Å². The lowest BCUT2D eigenvalue weighted by Crippen LogP contribution is -2.14. The second-order valence-corrected chi connectivity index (χ2v) is 9.88. The number of aromatic nitrogens is 3. The monoisotopic (exact) mass is 545 g/mol. The van der Waals surface area contributed by atoms with E-state index in [9.17, 15) is 9.59 Å². The van der Waals surface area contributed by atoms with Gasteiger partial charge >= 0.3 is 0 Å². The third-order valence-electron chi connectivity index (χ3n) is 6.44. The van der Waals surface area contributed by atoms with Gasteiger partial charge in [0.05, 0.1) is 5.69 Å². The summed E-state index contributed by atoms with van der Waals surface area (Å²) in [5.74, 6) is 0.162. The molecule has 206 valence electrons. The smallest absolute Gasteiger partial charge is 0.255 e. The number of amides is 2. The van der Waals surface area contributed by atoms with Crippen LogP contribution in [0.2, 0.25) is 0 Å². The van der Waals surface area contributed by atoms with Gasteiger partial charge < -0.3 is 25.8 Å². The third-order valence-corrected chi connectivity index (χ3v) is 6.44. The van der Waals surface area contributed by atoms with Crippen LogP contribution in [0.25, 0.3) is 22.2 Å². The predicted molar refractivity (Wildman–Crippen MR) is 165 cm³/mol. The van der Waals surface area contributed by atoms with Crippen LogP contribution in [0, 0.1) is 6.92 Å². The van der Waals surface area contributed by atoms with Crippen LogP contribution in [0.4, 0.5) is 22.9 Å². The van der Waals surface area contributed by atoms with E-state index in [2.05, 4.69) is 37.0 Å². The van der Waals surface area contributed by atoms with Crippen LogP contribution in [0.15, 0.2) is 97.5 Å². The maximum atomic E-state index is 13.0. The molecular weight excluding hydrogens is 514 g/mol. The molecule has 2 aromatic heterocycles. The van der Waals surface area contributed by atoms with Crippen LogP contribution in [0.3, 0.4) is 0 Å². The van der Waals surface area contributed by atoms with E-state index in [1.54, 1.807) is 30.3 Å². The highest BCUT2D eigenvalue weighted by Gasteiger charge is 2.11. The zero-order chi connectivity index (χ0) is 28.8. The van der Waals surface area contributed by atoms with Crippen LogP contribution < -0.4 is 16.0 Å². The molecule has 0 bridgehead atoms. The average Bonchev–Trinajstić information content (AvgIpc) is 3.39. The number of H-pyrrole nitrogens is 1. The second kappa shape index (κ2) is 12.3. The quantitative estimate of drug-likeness (QED) is 0.169. The lowest BCUT2D eigenvalue weighted by Gasteiger charge is -2.13. The summed E-state index contributed by atoms with van der Waals surface area (Å²) in [5.41, 5.74) is 6.29. The summed E-state index contributed by atoms with van der Waals surface area (Å²) in [6.45, 7) is 2.61. The van der Waals surface area contributed by atoms with Gasteiger partial charge in [0.1, 0.15) is 12.1 Å². The topological polar surface area (TPSA) is 115 Å². The summed E-state index contributed by atoms with van der Waals surface area (Å²) < 4.78 is 0. The van der Waals surface area contributed by atoms with E-state index in [4.69, 9.17) is 0 Å². The van der Waals surface area contributed by atoms with Crippen molar-refractivity contribution in [3.63, 3.8) is 0 Å². The Balaban J connectivity index is 1.25. The second-order valence-electron chi connectivity index (χ2n) is 9.88. The number of aryl methyl sites for hydroxylation is 1. The number of fused-ring (bicyclic) bond motifs is 1. The molecule has 4 N–H and O–H groups in total. The Morgan fingerprint density at radius 3 is 2.51 bits per heavy atom. The fourth-order valence-corrected chi connectivity index (χ4v) is 4.29. The minimum Gasteiger partial charge on any atom is -0.360 e. The van der Waals surface area contributed by atoms with Gasteiger partial charge in [0, 0.05) is 64.0 Å². The molecule has 0 spiro atoms. The van der Waals surface area contributed by atoms with Crippen LogP contribution in [0.5, 0.6) is 0 Å². The highest BCUT2D eigenvalue weighted by atomic mass is 16.2. The number of rotatable bonds is 9. The zero-order valence-electron chi connectivity index (χ0n) is 23.1. The molecule has 3 aromatic carbocycles. The third kappa shape index (κ3) is 6.84. The molecule has 0 fully saturated rings. The summed E-state index contributed by atoms with van der Waals surface area (Å²) in [4.78, 5) is 39.2. The first kappa shape index (κ1) is 27.3. The first-order valence-corrected chi connectivity index (χ1v) is 13.2. The minimum absolute atomic E-state index is 0.221.